The van der Waals surface area contributed by atoms with Crippen molar-refractivity contribution in [1.29, 1.82) is 10.5 Å². The molecular formula is C104H83Cl10N21O15. The van der Waals surface area contributed by atoms with Crippen LogP contribution in [0.4, 0.5) is 16.2 Å². The summed E-state index contributed by atoms with van der Waals surface area (Å²) in [5.41, 5.74) is 14.2. The zero-order valence-corrected chi connectivity index (χ0v) is 87.6. The SMILES string of the molecule is CC(c1ccccc1)n1nc(Oc2c(Cl)cc(-n3nc(C#N)c(=O)[nH]c3=O)cc2Cl)ccc1=O.CC(c1ccccc1)n1nc(Oc2c(Cl)cc(N)cc2Cl)ccc1=O.CCOC(=O)NC(=O)C(C#N)=NNc1cc(Cl)c(Oc2ccc(=O)n(C(C)c3ccccc3)n2)c(Cl)c1.Cc1ccc(C)n1-c1cc(Cl)c(Oc2ccc(=O)[nH]n2)c(Cl)c1.Cc1ccc(C)n1-c1cc(Cl)c(Oc2ccc(=O)n(C(C)c3ccccc3)n2)c(Cl)c1. The van der Waals surface area contributed by atoms with Crippen molar-refractivity contribution in [1.82, 2.24) is 78.5 Å². The second-order valence-electron chi connectivity index (χ2n) is 32.1. The van der Waals surface area contributed by atoms with Crippen LogP contribution < -0.4 is 79.2 Å². The van der Waals surface area contributed by atoms with E-state index in [4.69, 9.17) is 156 Å². The molecule has 36 nitrogen and oxygen atoms in total. The van der Waals surface area contributed by atoms with Crippen molar-refractivity contribution in [2.45, 2.75) is 86.5 Å². The molecule has 0 saturated carbocycles. The van der Waals surface area contributed by atoms with Crippen LogP contribution in [0.5, 0.6) is 58.1 Å². The lowest BCUT2D eigenvalue weighted by Gasteiger charge is -2.17. The molecule has 0 aliphatic heterocycles. The average Bonchev–Trinajstić information content (AvgIpc) is 1.51. The second kappa shape index (κ2) is 50.8. The van der Waals surface area contributed by atoms with E-state index in [1.165, 1.54) is 116 Å². The Hall–Kier alpha value is -16.4. The Labute approximate surface area is 902 Å². The highest BCUT2D eigenvalue weighted by atomic mass is 35.5. The number of imide groups is 1. The number of aromatic nitrogens is 15. The van der Waals surface area contributed by atoms with E-state index in [-0.39, 0.29) is 147 Å². The van der Waals surface area contributed by atoms with Gasteiger partial charge in [0.15, 0.2) is 28.7 Å². The summed E-state index contributed by atoms with van der Waals surface area (Å²) in [4.78, 5) is 109. The van der Waals surface area contributed by atoms with Crippen molar-refractivity contribution < 1.29 is 38.0 Å². The maximum atomic E-state index is 12.4. The summed E-state index contributed by atoms with van der Waals surface area (Å²) in [6.45, 7) is 17.1. The van der Waals surface area contributed by atoms with Crippen LogP contribution in [0.1, 0.15) is 110 Å². The van der Waals surface area contributed by atoms with E-state index in [1.54, 1.807) is 43.3 Å². The molecule has 0 radical (unpaired) electrons. The number of nitriles is 2. The zero-order valence-electron chi connectivity index (χ0n) is 80.1. The molecule has 17 rings (SSSR count). The number of nitrogens with zero attached hydrogens (tertiary/aromatic N) is 16. The van der Waals surface area contributed by atoms with Gasteiger partial charge in [0, 0.05) is 101 Å². The van der Waals surface area contributed by atoms with Gasteiger partial charge in [-0.05, 0) is 169 Å². The lowest BCUT2D eigenvalue weighted by atomic mass is 10.1. The number of carbonyl (C=O) groups is 2. The molecule has 0 fully saturated rings. The molecule has 764 valence electrons. The molecule has 9 aromatic carbocycles. The molecule has 6 N–H and O–H groups in total. The molecule has 4 atom stereocenters. The van der Waals surface area contributed by atoms with E-state index in [1.807, 2.05) is 216 Å². The summed E-state index contributed by atoms with van der Waals surface area (Å²) < 4.78 is 43.4. The van der Waals surface area contributed by atoms with E-state index in [9.17, 15) is 43.2 Å². The van der Waals surface area contributed by atoms with Crippen LogP contribution in [0.25, 0.3) is 17.1 Å². The van der Waals surface area contributed by atoms with Gasteiger partial charge in [-0.3, -0.25) is 49.3 Å². The molecule has 0 aliphatic rings. The van der Waals surface area contributed by atoms with Crippen LogP contribution in [-0.2, 0) is 9.53 Å². The first-order chi connectivity index (χ1) is 71.8. The Morgan fingerprint density at radius 2 is 0.700 bits per heavy atom. The van der Waals surface area contributed by atoms with Crippen molar-refractivity contribution in [2.75, 3.05) is 17.8 Å². The first kappa shape index (κ1) is 111. The Kier molecular flexibility index (Phi) is 37.6. The molecule has 0 spiro atoms. The van der Waals surface area contributed by atoms with Gasteiger partial charge in [-0.1, -0.05) is 237 Å². The van der Waals surface area contributed by atoms with Gasteiger partial charge in [0.1, 0.15) is 12.1 Å². The number of H-pyrrole nitrogens is 2. The van der Waals surface area contributed by atoms with Gasteiger partial charge < -0.3 is 43.3 Å². The zero-order chi connectivity index (χ0) is 108. The first-order valence-corrected chi connectivity index (χ1v) is 48.5. The highest BCUT2D eigenvalue weighted by molar-refractivity contribution is 6.47. The second-order valence-corrected chi connectivity index (χ2v) is 36.2. The van der Waals surface area contributed by atoms with Gasteiger partial charge in [-0.25, -0.2) is 33.4 Å². The maximum absolute atomic E-state index is 12.4. The van der Waals surface area contributed by atoms with E-state index >= 15 is 0 Å². The number of amides is 2. The summed E-state index contributed by atoms with van der Waals surface area (Å²) in [7, 11) is 0. The van der Waals surface area contributed by atoms with Gasteiger partial charge in [0.05, 0.1) is 92.4 Å². The van der Waals surface area contributed by atoms with E-state index in [0.717, 1.165) is 61.1 Å². The highest BCUT2D eigenvalue weighted by Crippen LogP contribution is 2.44. The quantitative estimate of drug-likeness (QED) is 0.0201. The smallest absolute Gasteiger partial charge is 0.414 e. The van der Waals surface area contributed by atoms with Gasteiger partial charge in [0.2, 0.25) is 40.8 Å². The summed E-state index contributed by atoms with van der Waals surface area (Å²) in [6.07, 6.45) is -1.01. The molecule has 0 bridgehead atoms. The van der Waals surface area contributed by atoms with E-state index in [2.05, 4.69) is 55.5 Å². The van der Waals surface area contributed by atoms with Crippen molar-refractivity contribution in [3.8, 4) is 87.3 Å². The molecule has 8 aromatic heterocycles. The highest BCUT2D eigenvalue weighted by Gasteiger charge is 2.26. The lowest BCUT2D eigenvalue weighted by Crippen LogP contribution is -2.36. The Morgan fingerprint density at radius 3 is 1.00 bits per heavy atom. The molecule has 150 heavy (non-hydrogen) atoms. The van der Waals surface area contributed by atoms with Crippen LogP contribution in [0.15, 0.2) is 306 Å². The van der Waals surface area contributed by atoms with Crippen LogP contribution >= 0.6 is 116 Å². The normalized spacial score (nSPS) is 11.6. The fourth-order valence-electron chi connectivity index (χ4n) is 14.4. The molecule has 4 unspecified atom stereocenters. The van der Waals surface area contributed by atoms with Gasteiger partial charge in [0.25, 0.3) is 39.3 Å². The first-order valence-electron chi connectivity index (χ1n) is 44.7. The minimum Gasteiger partial charge on any atom is -0.450 e. The number of nitrogens with one attached hydrogen (secondary N) is 4. The summed E-state index contributed by atoms with van der Waals surface area (Å²) in [5.74, 6) is 0.617. The summed E-state index contributed by atoms with van der Waals surface area (Å²) in [5, 5.41) is 52.7. The van der Waals surface area contributed by atoms with Gasteiger partial charge >= 0.3 is 11.8 Å². The largest absolute Gasteiger partial charge is 0.450 e. The van der Waals surface area contributed by atoms with Gasteiger partial charge in [-0.2, -0.15) is 20.3 Å². The number of hydrogen-bond donors (Lipinski definition) is 5. The number of nitrogens with two attached hydrogens (primary N) is 1. The number of aromatic amines is 2. The predicted octanol–water partition coefficient (Wildman–Crippen LogP) is 22.7. The third kappa shape index (κ3) is 27.9. The van der Waals surface area contributed by atoms with Crippen molar-refractivity contribution in [3.63, 3.8) is 0 Å². The predicted molar refractivity (Wildman–Crippen MR) is 575 cm³/mol. The van der Waals surface area contributed by atoms with E-state index in [0.29, 0.717) is 37.3 Å². The third-order valence-corrected chi connectivity index (χ3v) is 24.6. The van der Waals surface area contributed by atoms with Crippen LogP contribution in [0.2, 0.25) is 50.2 Å². The van der Waals surface area contributed by atoms with Crippen molar-refractivity contribution >= 4 is 145 Å². The monoisotopic (exact) mass is 2220 g/mol. The number of aryl methyl sites for hydroxylation is 4. The molecule has 8 heterocycles. The Balaban J connectivity index is 0.000000158. The number of nitrogen functional groups attached to an aromatic ring is 1. The number of carbonyl (C=O) groups excluding carboxylic acids is 2. The molecular weight excluding hydrogens is 2140 g/mol. The standard InChI is InChI=1S/C24H20Cl2N6O5.C24H21Cl2N3O2.C22H14Cl2N6O4.C18H15Cl2N3O2.C16H13Cl2N3O2/c1-3-36-24(35)28-23(34)19(13-27)30-29-16-11-17(25)22(18(26)12-16)37-20-9-10-21(33)32(31-20)14(2)15-7-5-4-6-8-15;1-15-9-10-16(2)28(15)19-13-20(25)24(21(26)14-19)31-22-11-12-23(30)29(27-22)17(3)18-7-5-4-6-8-18;1-12(13-5-3-2-4-6-13)29-19(31)8-7-18(28-29)34-20-15(23)9-14(10-16(20)24)30-22(33)26-21(32)17(11-25)27-30;1-11(12-5-3-2-4-6-12)23-17(24)8-7-16(22-23)25-18-14(19)9-13(21)10-15(18)20;1-9-3-4-10(2)21(9)11-7-12(17)16(13(18)8-11)23-15-6-5-14(22)19-20-15/h4-12,14,29H,3H2,1-2H3,(H,28,34,35);4-14,17H,1-3H3;2-10,12H,1H3,(H,26,32,33);2-11H,21H2,1H3;3-8H,1-2H3,(H,19,22). The van der Waals surface area contributed by atoms with Gasteiger partial charge in [-0.15, -0.1) is 30.6 Å². The van der Waals surface area contributed by atoms with E-state index < -0.39 is 34.7 Å². The molecule has 0 saturated heterocycles. The average molecular weight is 2220 g/mol. The lowest BCUT2D eigenvalue weighted by molar-refractivity contribution is -0.114. The minimum atomic E-state index is -1.06. The Bertz CT molecular complexity index is 8300. The molecule has 2 amide bonds. The van der Waals surface area contributed by atoms with Crippen LogP contribution in [-0.4, -0.2) is 97.5 Å². The number of hydrazone groups is 1. The third-order valence-electron chi connectivity index (χ3n) is 21.8. The number of ether oxygens (including phenoxy) is 6. The minimum absolute atomic E-state index is 0.00318. The number of anilines is 2. The fourth-order valence-corrected chi connectivity index (χ4v) is 17.2. The van der Waals surface area contributed by atoms with Crippen LogP contribution in [0.3, 0.4) is 0 Å². The fraction of sp³-hybridized carbons (Fsp3) is 0.135. The number of halogens is 10. The summed E-state index contributed by atoms with van der Waals surface area (Å²) in [6, 6.07) is 77.6. The molecule has 46 heteroatoms. The molecule has 17 aromatic rings. The van der Waals surface area contributed by atoms with Crippen molar-refractivity contribution in [2.24, 2.45) is 5.10 Å². The molecule has 0 aliphatic carbocycles. The maximum Gasteiger partial charge on any atom is 0.414 e. The number of hydrogen-bond acceptors (Lipinski definition) is 26. The number of alkyl carbamates (subject to hydrolysis) is 1. The number of rotatable bonds is 25. The number of benzene rings is 9. The topological polar surface area (TPSA) is 462 Å². The Morgan fingerprint density at radius 1 is 0.400 bits per heavy atom. The van der Waals surface area contributed by atoms with Crippen LogP contribution in [0, 0.1) is 50.4 Å². The summed E-state index contributed by atoms with van der Waals surface area (Å²) >= 11 is 63.3. The van der Waals surface area contributed by atoms with Crippen molar-refractivity contribution in [3.05, 3.63) is 440 Å².